The van der Waals surface area contributed by atoms with Crippen LogP contribution < -0.4 is 10.6 Å². The molecule has 0 spiro atoms. The number of nitrogens with one attached hydrogen (secondary N) is 2. The lowest BCUT2D eigenvalue weighted by atomic mass is 10.1. The van der Waals surface area contributed by atoms with Gasteiger partial charge in [0.15, 0.2) is 0 Å². The number of hydrogen-bond acceptors (Lipinski definition) is 4. The molecule has 0 aromatic heterocycles. The first-order valence-corrected chi connectivity index (χ1v) is 6.53. The summed E-state index contributed by atoms with van der Waals surface area (Å²) in [4.78, 5) is 21.8. The lowest BCUT2D eigenvalue weighted by Gasteiger charge is -2.16. The van der Waals surface area contributed by atoms with Crippen LogP contribution in [0.15, 0.2) is 18.2 Å². The van der Waals surface area contributed by atoms with E-state index in [0.717, 1.165) is 44.0 Å². The predicted molar refractivity (Wildman–Crippen MR) is 71.0 cm³/mol. The Morgan fingerprint density at radius 1 is 1.45 bits per heavy atom. The highest BCUT2D eigenvalue weighted by molar-refractivity contribution is 5.94. The Hall–Kier alpha value is -2.02. The van der Waals surface area contributed by atoms with Gasteiger partial charge in [-0.2, -0.15) is 0 Å². The SMILES string of the molecule is O=C(NC1CCCCNC1)c1ccc([N+](=O)[O-])cc1F. The van der Waals surface area contributed by atoms with E-state index in [1.54, 1.807) is 0 Å². The second-order valence-corrected chi connectivity index (χ2v) is 4.79. The van der Waals surface area contributed by atoms with Crippen molar-refractivity contribution in [1.82, 2.24) is 10.6 Å². The fourth-order valence-corrected chi connectivity index (χ4v) is 2.21. The van der Waals surface area contributed by atoms with E-state index in [2.05, 4.69) is 10.6 Å². The van der Waals surface area contributed by atoms with Crippen molar-refractivity contribution < 1.29 is 14.1 Å². The van der Waals surface area contributed by atoms with Gasteiger partial charge in [0.1, 0.15) is 5.82 Å². The van der Waals surface area contributed by atoms with Crippen LogP contribution in [0.4, 0.5) is 10.1 Å². The van der Waals surface area contributed by atoms with Gasteiger partial charge in [-0.15, -0.1) is 0 Å². The van der Waals surface area contributed by atoms with Crippen LogP contribution in [0.5, 0.6) is 0 Å². The molecule has 1 aliphatic heterocycles. The van der Waals surface area contributed by atoms with E-state index in [4.69, 9.17) is 0 Å². The minimum atomic E-state index is -0.877. The number of amides is 1. The maximum Gasteiger partial charge on any atom is 0.272 e. The van der Waals surface area contributed by atoms with Crippen LogP contribution >= 0.6 is 0 Å². The highest BCUT2D eigenvalue weighted by Crippen LogP contribution is 2.17. The van der Waals surface area contributed by atoms with E-state index < -0.39 is 16.6 Å². The first-order chi connectivity index (χ1) is 9.58. The summed E-state index contributed by atoms with van der Waals surface area (Å²) >= 11 is 0. The van der Waals surface area contributed by atoms with E-state index in [9.17, 15) is 19.3 Å². The van der Waals surface area contributed by atoms with E-state index in [1.165, 1.54) is 0 Å². The van der Waals surface area contributed by atoms with Crippen LogP contribution in [0.3, 0.4) is 0 Å². The van der Waals surface area contributed by atoms with Crippen molar-refractivity contribution in [1.29, 1.82) is 0 Å². The number of rotatable bonds is 3. The van der Waals surface area contributed by atoms with Crippen molar-refractivity contribution in [3.8, 4) is 0 Å². The summed E-state index contributed by atoms with van der Waals surface area (Å²) < 4.78 is 13.7. The Labute approximate surface area is 115 Å². The van der Waals surface area contributed by atoms with Crippen LogP contribution in [0.1, 0.15) is 29.6 Å². The molecule has 1 aromatic rings. The molecular formula is C13H16FN3O3. The molecule has 1 atom stereocenters. The molecule has 7 heteroatoms. The summed E-state index contributed by atoms with van der Waals surface area (Å²) in [6.45, 7) is 1.57. The number of hydrogen-bond donors (Lipinski definition) is 2. The van der Waals surface area contributed by atoms with Crippen LogP contribution in [-0.4, -0.2) is 30.0 Å². The smallest absolute Gasteiger partial charge is 0.272 e. The molecule has 2 rings (SSSR count). The third-order valence-corrected chi connectivity index (χ3v) is 3.29. The van der Waals surface area contributed by atoms with Crippen molar-refractivity contribution in [3.05, 3.63) is 39.7 Å². The molecule has 20 heavy (non-hydrogen) atoms. The van der Waals surface area contributed by atoms with Gasteiger partial charge in [0.2, 0.25) is 0 Å². The summed E-state index contributed by atoms with van der Waals surface area (Å²) in [5.41, 5.74) is -0.532. The zero-order valence-corrected chi connectivity index (χ0v) is 10.9. The number of benzene rings is 1. The average Bonchev–Trinajstić information content (AvgIpc) is 2.67. The fraction of sp³-hybridized carbons (Fsp3) is 0.462. The number of nitro groups is 1. The topological polar surface area (TPSA) is 84.3 Å². The molecule has 1 unspecified atom stereocenters. The first kappa shape index (κ1) is 14.4. The molecule has 1 heterocycles. The van der Waals surface area contributed by atoms with Crippen molar-refractivity contribution in [2.24, 2.45) is 0 Å². The minimum Gasteiger partial charge on any atom is -0.348 e. The van der Waals surface area contributed by atoms with Gasteiger partial charge in [0, 0.05) is 18.7 Å². The number of nitrogens with zero attached hydrogens (tertiary/aromatic N) is 1. The van der Waals surface area contributed by atoms with Crippen molar-refractivity contribution in [2.75, 3.05) is 13.1 Å². The van der Waals surface area contributed by atoms with Gasteiger partial charge < -0.3 is 10.6 Å². The molecule has 2 N–H and O–H groups in total. The summed E-state index contributed by atoms with van der Waals surface area (Å²) in [6, 6.07) is 3.00. The fourth-order valence-electron chi connectivity index (χ4n) is 2.21. The summed E-state index contributed by atoms with van der Waals surface area (Å²) in [5.74, 6) is -1.41. The molecule has 0 radical (unpaired) electrons. The van der Waals surface area contributed by atoms with E-state index in [0.29, 0.717) is 6.54 Å². The Bertz CT molecular complexity index is 514. The maximum atomic E-state index is 13.7. The van der Waals surface area contributed by atoms with Gasteiger partial charge >= 0.3 is 0 Å². The molecule has 1 aromatic carbocycles. The highest BCUT2D eigenvalue weighted by atomic mass is 19.1. The van der Waals surface area contributed by atoms with Crippen LogP contribution in [0.25, 0.3) is 0 Å². The standard InChI is InChI=1S/C13H16FN3O3/c14-12-7-10(17(19)20)4-5-11(12)13(18)16-9-3-1-2-6-15-8-9/h4-5,7,9,15H,1-3,6,8H2,(H,16,18). The second-order valence-electron chi connectivity index (χ2n) is 4.79. The van der Waals surface area contributed by atoms with Crippen molar-refractivity contribution in [2.45, 2.75) is 25.3 Å². The summed E-state index contributed by atoms with van der Waals surface area (Å²) in [6.07, 6.45) is 2.90. The van der Waals surface area contributed by atoms with Gasteiger partial charge in [0.05, 0.1) is 16.6 Å². The zero-order valence-electron chi connectivity index (χ0n) is 10.9. The number of carbonyl (C=O) groups is 1. The molecule has 1 saturated heterocycles. The third kappa shape index (κ3) is 3.51. The normalized spacial score (nSPS) is 19.1. The largest absolute Gasteiger partial charge is 0.348 e. The quantitative estimate of drug-likeness (QED) is 0.651. The molecule has 0 saturated carbocycles. The molecule has 0 bridgehead atoms. The Kier molecular flexibility index (Phi) is 4.62. The number of non-ortho nitro benzene ring substituents is 1. The maximum absolute atomic E-state index is 13.7. The van der Waals surface area contributed by atoms with E-state index >= 15 is 0 Å². The predicted octanol–water partition coefficient (Wildman–Crippen LogP) is 1.61. The van der Waals surface area contributed by atoms with E-state index in [-0.39, 0.29) is 17.3 Å². The van der Waals surface area contributed by atoms with Gasteiger partial charge in [-0.25, -0.2) is 4.39 Å². The molecule has 0 aliphatic carbocycles. The number of halogens is 1. The Balaban J connectivity index is 2.06. The first-order valence-electron chi connectivity index (χ1n) is 6.53. The molecular weight excluding hydrogens is 265 g/mol. The van der Waals surface area contributed by atoms with Gasteiger partial charge in [-0.3, -0.25) is 14.9 Å². The Morgan fingerprint density at radius 3 is 2.95 bits per heavy atom. The van der Waals surface area contributed by atoms with Crippen LogP contribution in [0.2, 0.25) is 0 Å². The van der Waals surface area contributed by atoms with Gasteiger partial charge in [-0.05, 0) is 25.5 Å². The highest BCUT2D eigenvalue weighted by Gasteiger charge is 2.19. The second kappa shape index (κ2) is 6.42. The number of carbonyl (C=O) groups excluding carboxylic acids is 1. The minimum absolute atomic E-state index is 0.0420. The Morgan fingerprint density at radius 2 is 2.25 bits per heavy atom. The van der Waals surface area contributed by atoms with Crippen LogP contribution in [0, 0.1) is 15.9 Å². The lowest BCUT2D eigenvalue weighted by molar-refractivity contribution is -0.385. The molecule has 108 valence electrons. The number of nitro benzene ring substituents is 1. The van der Waals surface area contributed by atoms with Crippen molar-refractivity contribution >= 4 is 11.6 Å². The monoisotopic (exact) mass is 281 g/mol. The van der Waals surface area contributed by atoms with Crippen molar-refractivity contribution in [3.63, 3.8) is 0 Å². The molecule has 1 amide bonds. The van der Waals surface area contributed by atoms with Crippen LogP contribution in [-0.2, 0) is 0 Å². The summed E-state index contributed by atoms with van der Waals surface area (Å²) in [7, 11) is 0. The van der Waals surface area contributed by atoms with E-state index in [1.807, 2.05) is 0 Å². The molecule has 6 nitrogen and oxygen atoms in total. The summed E-state index contributed by atoms with van der Waals surface area (Å²) in [5, 5.41) is 16.5. The third-order valence-electron chi connectivity index (χ3n) is 3.29. The molecule has 1 fully saturated rings. The lowest BCUT2D eigenvalue weighted by Crippen LogP contribution is -2.41. The molecule has 1 aliphatic rings. The van der Waals surface area contributed by atoms with Gasteiger partial charge in [0.25, 0.3) is 11.6 Å². The average molecular weight is 281 g/mol. The van der Waals surface area contributed by atoms with Gasteiger partial charge in [-0.1, -0.05) is 6.42 Å². The zero-order chi connectivity index (χ0) is 14.5.